The highest BCUT2D eigenvalue weighted by molar-refractivity contribution is 6.30. The van der Waals surface area contributed by atoms with Gasteiger partial charge in [-0.05, 0) is 55.4 Å². The molecule has 2 aromatic rings. The molecule has 5 heteroatoms. The predicted octanol–water partition coefficient (Wildman–Crippen LogP) is 4.86. The van der Waals surface area contributed by atoms with Crippen molar-refractivity contribution in [2.24, 2.45) is 0 Å². The second-order valence-corrected chi connectivity index (χ2v) is 6.89. The van der Waals surface area contributed by atoms with Gasteiger partial charge in [-0.15, -0.1) is 0 Å². The van der Waals surface area contributed by atoms with Crippen LogP contribution in [-0.2, 0) is 6.54 Å². The largest absolute Gasteiger partial charge is 0.508 e. The van der Waals surface area contributed by atoms with Crippen LogP contribution in [0.3, 0.4) is 0 Å². The molecule has 0 saturated heterocycles. The third kappa shape index (κ3) is 4.20. The van der Waals surface area contributed by atoms with E-state index in [4.69, 9.17) is 11.6 Å². The molecule has 134 valence electrons. The molecule has 0 bridgehead atoms. The summed E-state index contributed by atoms with van der Waals surface area (Å²) in [6, 6.07) is 12.0. The van der Waals surface area contributed by atoms with Crippen molar-refractivity contribution in [3.63, 3.8) is 0 Å². The minimum absolute atomic E-state index is 0.236. The molecule has 1 aliphatic rings. The predicted molar refractivity (Wildman–Crippen MR) is 106 cm³/mol. The molecular formula is C20H26ClN3O. The van der Waals surface area contributed by atoms with Gasteiger partial charge in [0, 0.05) is 35.1 Å². The number of phenolic OH excluding ortho intramolecular Hbond substituents is 1. The molecule has 0 aromatic heterocycles. The summed E-state index contributed by atoms with van der Waals surface area (Å²) in [5, 5.41) is 18.0. The molecule has 2 aromatic carbocycles. The van der Waals surface area contributed by atoms with Crippen LogP contribution < -0.4 is 10.6 Å². The van der Waals surface area contributed by atoms with Gasteiger partial charge in [0.15, 0.2) is 0 Å². The highest BCUT2D eigenvalue weighted by atomic mass is 35.5. The Labute approximate surface area is 154 Å². The molecular weight excluding hydrogens is 334 g/mol. The first kappa shape index (κ1) is 17.9. The molecule has 0 fully saturated rings. The van der Waals surface area contributed by atoms with Gasteiger partial charge in [0.2, 0.25) is 0 Å². The van der Waals surface area contributed by atoms with Gasteiger partial charge in [0.1, 0.15) is 5.75 Å². The van der Waals surface area contributed by atoms with Crippen molar-refractivity contribution in [2.45, 2.75) is 32.9 Å². The normalized spacial score (nSPS) is 16.4. The van der Waals surface area contributed by atoms with E-state index in [1.54, 1.807) is 6.07 Å². The number of nitrogens with zero attached hydrogens (tertiary/aromatic N) is 1. The van der Waals surface area contributed by atoms with Gasteiger partial charge in [0.05, 0.1) is 6.04 Å². The Morgan fingerprint density at radius 2 is 2.00 bits per heavy atom. The first-order valence-electron chi connectivity index (χ1n) is 8.94. The zero-order valence-electron chi connectivity index (χ0n) is 14.8. The molecule has 0 spiro atoms. The minimum Gasteiger partial charge on any atom is -0.508 e. The number of fused-ring (bicyclic) bond motifs is 1. The third-order valence-corrected chi connectivity index (χ3v) is 5.08. The molecule has 0 amide bonds. The smallest absolute Gasteiger partial charge is 0.120 e. The maximum Gasteiger partial charge on any atom is 0.120 e. The number of rotatable bonds is 6. The number of halogens is 1. The van der Waals surface area contributed by atoms with Crippen LogP contribution in [0.5, 0.6) is 5.75 Å². The van der Waals surface area contributed by atoms with Crippen molar-refractivity contribution in [3.8, 4) is 5.75 Å². The lowest BCUT2D eigenvalue weighted by molar-refractivity contribution is 0.291. The van der Waals surface area contributed by atoms with Gasteiger partial charge in [-0.25, -0.2) is 0 Å². The van der Waals surface area contributed by atoms with Crippen LogP contribution in [0.15, 0.2) is 36.4 Å². The summed E-state index contributed by atoms with van der Waals surface area (Å²) in [6.45, 7) is 7.88. The van der Waals surface area contributed by atoms with Crippen LogP contribution in [0.1, 0.15) is 37.4 Å². The van der Waals surface area contributed by atoms with E-state index in [9.17, 15) is 5.11 Å². The molecule has 0 aliphatic carbocycles. The first-order chi connectivity index (χ1) is 12.1. The molecule has 3 rings (SSSR count). The quantitative estimate of drug-likeness (QED) is 0.645. The van der Waals surface area contributed by atoms with Gasteiger partial charge in [-0.1, -0.05) is 31.5 Å². The van der Waals surface area contributed by atoms with Crippen LogP contribution in [0, 0.1) is 0 Å². The number of anilines is 2. The fraction of sp³-hybridized carbons (Fsp3) is 0.400. The van der Waals surface area contributed by atoms with Crippen LogP contribution in [0.2, 0.25) is 5.02 Å². The zero-order valence-corrected chi connectivity index (χ0v) is 15.6. The van der Waals surface area contributed by atoms with E-state index in [2.05, 4.69) is 41.5 Å². The molecule has 0 saturated carbocycles. The van der Waals surface area contributed by atoms with E-state index in [0.717, 1.165) is 54.6 Å². The van der Waals surface area contributed by atoms with E-state index in [1.807, 2.05) is 18.2 Å². The molecule has 1 aliphatic heterocycles. The number of hydrogen-bond acceptors (Lipinski definition) is 4. The second-order valence-electron chi connectivity index (χ2n) is 6.45. The number of benzene rings is 2. The summed E-state index contributed by atoms with van der Waals surface area (Å²) in [7, 11) is 0. The van der Waals surface area contributed by atoms with E-state index >= 15 is 0 Å². The van der Waals surface area contributed by atoms with Gasteiger partial charge in [0.25, 0.3) is 0 Å². The third-order valence-electron chi connectivity index (χ3n) is 4.85. The van der Waals surface area contributed by atoms with Crippen molar-refractivity contribution >= 4 is 23.0 Å². The van der Waals surface area contributed by atoms with Crippen LogP contribution in [-0.4, -0.2) is 29.6 Å². The molecule has 3 N–H and O–H groups in total. The van der Waals surface area contributed by atoms with E-state index < -0.39 is 0 Å². The lowest BCUT2D eigenvalue weighted by Crippen LogP contribution is -2.23. The van der Waals surface area contributed by atoms with Gasteiger partial charge in [-0.2, -0.15) is 0 Å². The van der Waals surface area contributed by atoms with Crippen LogP contribution in [0.25, 0.3) is 0 Å². The van der Waals surface area contributed by atoms with Gasteiger partial charge >= 0.3 is 0 Å². The van der Waals surface area contributed by atoms with Gasteiger partial charge < -0.3 is 15.7 Å². The molecule has 1 atom stereocenters. The Morgan fingerprint density at radius 1 is 1.20 bits per heavy atom. The lowest BCUT2D eigenvalue weighted by Gasteiger charge is -2.29. The van der Waals surface area contributed by atoms with Crippen LogP contribution in [0.4, 0.5) is 11.4 Å². The Morgan fingerprint density at radius 3 is 2.76 bits per heavy atom. The Kier molecular flexibility index (Phi) is 5.71. The minimum atomic E-state index is 0.236. The summed E-state index contributed by atoms with van der Waals surface area (Å²) in [5.41, 5.74) is 4.32. The number of phenols is 1. The summed E-state index contributed by atoms with van der Waals surface area (Å²) >= 11 is 6.11. The van der Waals surface area contributed by atoms with E-state index in [-0.39, 0.29) is 6.04 Å². The molecule has 0 radical (unpaired) electrons. The lowest BCUT2D eigenvalue weighted by atomic mass is 9.97. The molecule has 25 heavy (non-hydrogen) atoms. The van der Waals surface area contributed by atoms with E-state index in [1.165, 1.54) is 5.56 Å². The first-order valence-corrected chi connectivity index (χ1v) is 9.32. The number of aromatic hydroxyl groups is 1. The summed E-state index contributed by atoms with van der Waals surface area (Å²) < 4.78 is 0. The number of nitrogens with one attached hydrogen (secondary N) is 2. The number of hydrogen-bond donors (Lipinski definition) is 3. The van der Waals surface area contributed by atoms with Crippen molar-refractivity contribution < 1.29 is 5.11 Å². The second kappa shape index (κ2) is 7.98. The van der Waals surface area contributed by atoms with Gasteiger partial charge in [-0.3, -0.25) is 4.90 Å². The maximum atomic E-state index is 10.2. The average molecular weight is 360 g/mol. The Hall–Kier alpha value is -1.91. The monoisotopic (exact) mass is 359 g/mol. The summed E-state index contributed by atoms with van der Waals surface area (Å²) in [5.74, 6) is 0.356. The topological polar surface area (TPSA) is 47.5 Å². The fourth-order valence-corrected chi connectivity index (χ4v) is 3.51. The van der Waals surface area contributed by atoms with Crippen molar-refractivity contribution in [1.29, 1.82) is 0 Å². The average Bonchev–Trinajstić information content (AvgIpc) is 2.62. The molecule has 4 nitrogen and oxygen atoms in total. The molecule has 1 unspecified atom stereocenters. The summed E-state index contributed by atoms with van der Waals surface area (Å²) in [6.07, 6.45) is 1.00. The van der Waals surface area contributed by atoms with Crippen molar-refractivity contribution in [3.05, 3.63) is 52.5 Å². The zero-order chi connectivity index (χ0) is 17.8. The SMILES string of the molecule is CCN(CC)Cc1cc(NC2CCNc3cc(Cl)ccc32)ccc1O. The highest BCUT2D eigenvalue weighted by Gasteiger charge is 2.20. The molecule has 1 heterocycles. The van der Waals surface area contributed by atoms with Crippen molar-refractivity contribution in [2.75, 3.05) is 30.3 Å². The standard InChI is InChI=1S/C20H26ClN3O/c1-3-24(4-2)13-14-11-16(6-8-20(14)25)23-18-9-10-22-19-12-15(21)5-7-17(18)19/h5-8,11-12,18,22-23,25H,3-4,9-10,13H2,1-2H3. The fourth-order valence-electron chi connectivity index (χ4n) is 3.33. The Balaban J connectivity index is 1.80. The maximum absolute atomic E-state index is 10.2. The van der Waals surface area contributed by atoms with Crippen LogP contribution >= 0.6 is 11.6 Å². The summed E-state index contributed by atoms with van der Waals surface area (Å²) in [4.78, 5) is 2.29. The Bertz CT molecular complexity index is 731. The van der Waals surface area contributed by atoms with E-state index in [0.29, 0.717) is 5.75 Å². The highest BCUT2D eigenvalue weighted by Crippen LogP contribution is 2.35. The van der Waals surface area contributed by atoms with Crippen molar-refractivity contribution in [1.82, 2.24) is 4.90 Å².